The molecule has 2 aromatic heterocycles. The molecule has 0 saturated carbocycles. The molecule has 7 nitrogen and oxygen atoms in total. The number of rotatable bonds is 3. The van der Waals surface area contributed by atoms with E-state index in [4.69, 9.17) is 4.52 Å². The van der Waals surface area contributed by atoms with E-state index in [1.165, 1.54) is 11.3 Å². The van der Waals surface area contributed by atoms with Gasteiger partial charge in [-0.2, -0.15) is 4.98 Å². The van der Waals surface area contributed by atoms with Crippen LogP contribution < -0.4 is 0 Å². The Bertz CT molecular complexity index is 770. The van der Waals surface area contributed by atoms with E-state index in [2.05, 4.69) is 10.1 Å². The second kappa shape index (κ2) is 7.35. The Morgan fingerprint density at radius 3 is 2.72 bits per heavy atom. The van der Waals surface area contributed by atoms with Crippen LogP contribution in [0.15, 0.2) is 16.7 Å². The van der Waals surface area contributed by atoms with Crippen LogP contribution >= 0.6 is 11.3 Å². The summed E-state index contributed by atoms with van der Waals surface area (Å²) in [6.45, 7) is 7.10. The molecule has 0 N–H and O–H groups in total. The lowest BCUT2D eigenvalue weighted by Crippen LogP contribution is -2.40. The van der Waals surface area contributed by atoms with Gasteiger partial charge in [0.15, 0.2) is 5.82 Å². The lowest BCUT2D eigenvalue weighted by atomic mass is 10.2. The number of amides is 2. The van der Waals surface area contributed by atoms with Gasteiger partial charge in [0, 0.05) is 24.4 Å². The maximum absolute atomic E-state index is 12.9. The Morgan fingerprint density at radius 1 is 1.32 bits per heavy atom. The standard InChI is InChI=1S/C17H22N4O3S/c1-4-15(22)21-9-5-8-20(17(23)14-7-6-11(2)25-14)10-13(21)16-18-12(3)19-24-16/h6-7,13H,4-5,8-10H2,1-3H3. The molecular weight excluding hydrogens is 340 g/mol. The quantitative estimate of drug-likeness (QED) is 0.838. The Labute approximate surface area is 150 Å². The van der Waals surface area contributed by atoms with Gasteiger partial charge in [0.25, 0.3) is 11.8 Å². The minimum absolute atomic E-state index is 0.00913. The predicted molar refractivity (Wildman–Crippen MR) is 93.4 cm³/mol. The third kappa shape index (κ3) is 3.73. The minimum atomic E-state index is -0.402. The predicted octanol–water partition coefficient (Wildman–Crippen LogP) is 2.57. The van der Waals surface area contributed by atoms with Crippen LogP contribution in [0.5, 0.6) is 0 Å². The van der Waals surface area contributed by atoms with Crippen LogP contribution in [0.3, 0.4) is 0 Å². The molecule has 2 aromatic rings. The average Bonchev–Trinajstić information content (AvgIpc) is 3.16. The fraction of sp³-hybridized carbons (Fsp3) is 0.529. The first-order chi connectivity index (χ1) is 12.0. The SMILES string of the molecule is CCC(=O)N1CCCN(C(=O)c2ccc(C)s2)CC1c1nc(C)no1. The summed E-state index contributed by atoms with van der Waals surface area (Å²) in [5.74, 6) is 0.934. The van der Waals surface area contributed by atoms with Crippen molar-refractivity contribution in [2.75, 3.05) is 19.6 Å². The lowest BCUT2D eigenvalue weighted by molar-refractivity contribution is -0.133. The van der Waals surface area contributed by atoms with Crippen LogP contribution in [0.2, 0.25) is 0 Å². The van der Waals surface area contributed by atoms with Crippen LogP contribution in [0.4, 0.5) is 0 Å². The highest BCUT2D eigenvalue weighted by molar-refractivity contribution is 7.13. The van der Waals surface area contributed by atoms with Crippen LogP contribution in [0, 0.1) is 13.8 Å². The molecule has 1 fully saturated rings. The van der Waals surface area contributed by atoms with Crippen LogP contribution in [0.1, 0.15) is 52.1 Å². The molecule has 2 amide bonds. The summed E-state index contributed by atoms with van der Waals surface area (Å²) in [7, 11) is 0. The summed E-state index contributed by atoms with van der Waals surface area (Å²) in [6.07, 6.45) is 1.13. The molecule has 1 atom stereocenters. The first-order valence-corrected chi connectivity index (χ1v) is 9.26. The third-order valence-electron chi connectivity index (χ3n) is 4.29. The van der Waals surface area contributed by atoms with Crippen molar-refractivity contribution < 1.29 is 14.1 Å². The molecular formula is C17H22N4O3S. The molecule has 1 aliphatic rings. The maximum atomic E-state index is 12.9. The first-order valence-electron chi connectivity index (χ1n) is 8.45. The van der Waals surface area contributed by atoms with E-state index >= 15 is 0 Å². The molecule has 3 heterocycles. The number of carbonyl (C=O) groups is 2. The highest BCUT2D eigenvalue weighted by Crippen LogP contribution is 2.27. The third-order valence-corrected chi connectivity index (χ3v) is 5.27. The topological polar surface area (TPSA) is 79.5 Å². The van der Waals surface area contributed by atoms with Gasteiger partial charge in [-0.3, -0.25) is 9.59 Å². The zero-order chi connectivity index (χ0) is 18.0. The van der Waals surface area contributed by atoms with Gasteiger partial charge in [0.05, 0.1) is 11.4 Å². The molecule has 1 aliphatic heterocycles. The van der Waals surface area contributed by atoms with Crippen molar-refractivity contribution in [3.05, 3.63) is 33.6 Å². The summed E-state index contributed by atoms with van der Waals surface area (Å²) < 4.78 is 5.33. The molecule has 1 unspecified atom stereocenters. The second-order valence-electron chi connectivity index (χ2n) is 6.15. The summed E-state index contributed by atoms with van der Waals surface area (Å²) in [5.41, 5.74) is 0. The number of hydrogen-bond donors (Lipinski definition) is 0. The first kappa shape index (κ1) is 17.6. The number of aromatic nitrogens is 2. The van der Waals surface area contributed by atoms with Crippen molar-refractivity contribution in [3.63, 3.8) is 0 Å². The minimum Gasteiger partial charge on any atom is -0.337 e. The molecule has 3 rings (SSSR count). The Morgan fingerprint density at radius 2 is 2.12 bits per heavy atom. The van der Waals surface area contributed by atoms with Crippen LogP contribution in [-0.4, -0.2) is 51.4 Å². The van der Waals surface area contributed by atoms with E-state index < -0.39 is 6.04 Å². The van der Waals surface area contributed by atoms with Crippen LogP contribution in [-0.2, 0) is 4.79 Å². The normalized spacial score (nSPS) is 18.3. The Balaban J connectivity index is 1.88. The summed E-state index contributed by atoms with van der Waals surface area (Å²) >= 11 is 1.49. The summed E-state index contributed by atoms with van der Waals surface area (Å²) in [4.78, 5) is 34.9. The molecule has 0 aliphatic carbocycles. The Hall–Kier alpha value is -2.22. The van der Waals surface area contributed by atoms with Gasteiger partial charge in [-0.05, 0) is 32.4 Å². The van der Waals surface area contributed by atoms with Gasteiger partial charge in [-0.15, -0.1) is 11.3 Å². The smallest absolute Gasteiger partial charge is 0.264 e. The van der Waals surface area contributed by atoms with Gasteiger partial charge in [0.1, 0.15) is 6.04 Å². The van der Waals surface area contributed by atoms with Crippen molar-refractivity contribution in [2.45, 2.75) is 39.7 Å². The molecule has 0 aromatic carbocycles. The van der Waals surface area contributed by atoms with E-state index in [0.717, 1.165) is 11.3 Å². The van der Waals surface area contributed by atoms with Crippen molar-refractivity contribution in [3.8, 4) is 0 Å². The highest BCUT2D eigenvalue weighted by Gasteiger charge is 2.34. The van der Waals surface area contributed by atoms with E-state index in [1.54, 1.807) is 16.7 Å². The molecule has 0 bridgehead atoms. The number of nitrogens with zero attached hydrogens (tertiary/aromatic N) is 4. The molecule has 134 valence electrons. The molecule has 0 spiro atoms. The second-order valence-corrected chi connectivity index (χ2v) is 7.44. The lowest BCUT2D eigenvalue weighted by Gasteiger charge is -2.29. The highest BCUT2D eigenvalue weighted by atomic mass is 32.1. The van der Waals surface area contributed by atoms with Gasteiger partial charge >= 0.3 is 0 Å². The maximum Gasteiger partial charge on any atom is 0.264 e. The van der Waals surface area contributed by atoms with Crippen molar-refractivity contribution in [1.29, 1.82) is 0 Å². The molecule has 0 radical (unpaired) electrons. The number of hydrogen-bond acceptors (Lipinski definition) is 6. The van der Waals surface area contributed by atoms with Crippen molar-refractivity contribution >= 4 is 23.2 Å². The van der Waals surface area contributed by atoms with E-state index in [1.807, 2.05) is 26.0 Å². The molecule has 8 heteroatoms. The van der Waals surface area contributed by atoms with Gasteiger partial charge < -0.3 is 14.3 Å². The zero-order valence-corrected chi connectivity index (χ0v) is 15.5. The molecule has 25 heavy (non-hydrogen) atoms. The fourth-order valence-electron chi connectivity index (χ4n) is 3.04. The van der Waals surface area contributed by atoms with Gasteiger partial charge in [-0.1, -0.05) is 12.1 Å². The summed E-state index contributed by atoms with van der Waals surface area (Å²) in [5, 5.41) is 3.85. The van der Waals surface area contributed by atoms with E-state index in [9.17, 15) is 9.59 Å². The van der Waals surface area contributed by atoms with Crippen molar-refractivity contribution in [2.24, 2.45) is 0 Å². The van der Waals surface area contributed by atoms with E-state index in [-0.39, 0.29) is 11.8 Å². The monoisotopic (exact) mass is 362 g/mol. The largest absolute Gasteiger partial charge is 0.337 e. The zero-order valence-electron chi connectivity index (χ0n) is 14.7. The number of carbonyl (C=O) groups excluding carboxylic acids is 2. The van der Waals surface area contributed by atoms with Crippen LogP contribution in [0.25, 0.3) is 0 Å². The van der Waals surface area contributed by atoms with E-state index in [0.29, 0.717) is 42.6 Å². The number of aryl methyl sites for hydroxylation is 2. The fourth-order valence-corrected chi connectivity index (χ4v) is 3.87. The van der Waals surface area contributed by atoms with Gasteiger partial charge in [0.2, 0.25) is 5.91 Å². The van der Waals surface area contributed by atoms with Gasteiger partial charge in [-0.25, -0.2) is 0 Å². The Kier molecular flexibility index (Phi) is 5.17. The number of thiophene rings is 1. The average molecular weight is 362 g/mol. The summed E-state index contributed by atoms with van der Waals surface area (Å²) in [6, 6.07) is 3.40. The van der Waals surface area contributed by atoms with Crippen molar-refractivity contribution in [1.82, 2.24) is 19.9 Å². The molecule has 1 saturated heterocycles.